The van der Waals surface area contributed by atoms with E-state index in [0.29, 0.717) is 24.3 Å². The smallest absolute Gasteiger partial charge is 0.220 e. The van der Waals surface area contributed by atoms with Gasteiger partial charge in [-0.05, 0) is 39.5 Å². The lowest BCUT2D eigenvalue weighted by atomic mass is 9.79. The molecule has 4 heteroatoms. The standard InChI is InChI=1S/C12H22ClNO2/c1-4-16-10-5-9(6-10)7-11(15)14-12(2,3)8-13/h9-10H,4-8H2,1-3H3,(H,14,15). The molecule has 1 aliphatic carbocycles. The number of carbonyl (C=O) groups is 1. The second-order valence-electron chi connectivity index (χ2n) is 5.18. The number of rotatable bonds is 6. The average Bonchev–Trinajstić information content (AvgIpc) is 2.14. The third kappa shape index (κ3) is 4.30. The van der Waals surface area contributed by atoms with Crippen molar-refractivity contribution in [1.29, 1.82) is 0 Å². The number of ether oxygens (including phenoxy) is 1. The zero-order valence-corrected chi connectivity index (χ0v) is 11.1. The van der Waals surface area contributed by atoms with Crippen LogP contribution in [0.3, 0.4) is 0 Å². The van der Waals surface area contributed by atoms with Gasteiger partial charge in [-0.25, -0.2) is 0 Å². The third-order valence-corrected chi connectivity index (χ3v) is 3.55. The predicted octanol–water partition coefficient (Wildman–Crippen LogP) is 2.33. The number of hydrogen-bond donors (Lipinski definition) is 1. The Morgan fingerprint density at radius 2 is 2.12 bits per heavy atom. The summed E-state index contributed by atoms with van der Waals surface area (Å²) in [7, 11) is 0. The van der Waals surface area contributed by atoms with Gasteiger partial charge in [0.1, 0.15) is 0 Å². The summed E-state index contributed by atoms with van der Waals surface area (Å²) < 4.78 is 5.46. The highest BCUT2D eigenvalue weighted by Gasteiger charge is 2.32. The molecule has 1 saturated carbocycles. The maximum Gasteiger partial charge on any atom is 0.220 e. The minimum Gasteiger partial charge on any atom is -0.378 e. The lowest BCUT2D eigenvalue weighted by Gasteiger charge is -2.35. The molecule has 16 heavy (non-hydrogen) atoms. The second-order valence-corrected chi connectivity index (χ2v) is 5.45. The largest absolute Gasteiger partial charge is 0.378 e. The molecule has 0 unspecified atom stereocenters. The van der Waals surface area contributed by atoms with Gasteiger partial charge in [0.25, 0.3) is 0 Å². The van der Waals surface area contributed by atoms with E-state index in [4.69, 9.17) is 16.3 Å². The number of alkyl halides is 1. The summed E-state index contributed by atoms with van der Waals surface area (Å²) in [5.74, 6) is 1.03. The predicted molar refractivity (Wildman–Crippen MR) is 65.7 cm³/mol. The maximum atomic E-state index is 11.7. The van der Waals surface area contributed by atoms with Crippen LogP contribution in [0.5, 0.6) is 0 Å². The van der Waals surface area contributed by atoms with Crippen molar-refractivity contribution in [2.45, 2.75) is 51.7 Å². The van der Waals surface area contributed by atoms with E-state index in [1.807, 2.05) is 20.8 Å². The summed E-state index contributed by atoms with van der Waals surface area (Å²) in [5, 5.41) is 2.94. The van der Waals surface area contributed by atoms with Crippen LogP contribution in [0.1, 0.15) is 40.0 Å². The zero-order chi connectivity index (χ0) is 12.2. The van der Waals surface area contributed by atoms with Crippen molar-refractivity contribution >= 4 is 17.5 Å². The minimum atomic E-state index is -0.304. The van der Waals surface area contributed by atoms with Gasteiger partial charge in [-0.1, -0.05) is 0 Å². The number of carbonyl (C=O) groups excluding carboxylic acids is 1. The molecule has 0 atom stereocenters. The van der Waals surface area contributed by atoms with Crippen molar-refractivity contribution in [2.24, 2.45) is 5.92 Å². The summed E-state index contributed by atoms with van der Waals surface area (Å²) in [6.45, 7) is 6.63. The van der Waals surface area contributed by atoms with Crippen LogP contribution >= 0.6 is 11.6 Å². The van der Waals surface area contributed by atoms with E-state index < -0.39 is 0 Å². The highest BCUT2D eigenvalue weighted by atomic mass is 35.5. The van der Waals surface area contributed by atoms with E-state index in [2.05, 4.69) is 5.32 Å². The van der Waals surface area contributed by atoms with Gasteiger partial charge in [0, 0.05) is 24.4 Å². The normalized spacial score (nSPS) is 25.0. The van der Waals surface area contributed by atoms with Gasteiger partial charge in [0.2, 0.25) is 5.91 Å². The van der Waals surface area contributed by atoms with Crippen LogP contribution in [0.15, 0.2) is 0 Å². The highest BCUT2D eigenvalue weighted by Crippen LogP contribution is 2.32. The molecule has 0 aromatic carbocycles. The Kier molecular flexibility index (Phi) is 5.06. The Labute approximate surface area is 103 Å². The fourth-order valence-electron chi connectivity index (χ4n) is 1.94. The molecule has 94 valence electrons. The molecule has 0 aliphatic heterocycles. The lowest BCUT2D eigenvalue weighted by molar-refractivity contribution is -0.125. The van der Waals surface area contributed by atoms with Gasteiger partial charge in [0.15, 0.2) is 0 Å². The quantitative estimate of drug-likeness (QED) is 0.732. The van der Waals surface area contributed by atoms with Gasteiger partial charge >= 0.3 is 0 Å². The molecule has 1 fully saturated rings. The lowest BCUT2D eigenvalue weighted by Crippen LogP contribution is -2.46. The summed E-state index contributed by atoms with van der Waals surface area (Å²) in [6.07, 6.45) is 3.01. The third-order valence-electron chi connectivity index (χ3n) is 2.88. The van der Waals surface area contributed by atoms with Crippen LogP contribution in [-0.4, -0.2) is 30.0 Å². The molecule has 0 spiro atoms. The van der Waals surface area contributed by atoms with Gasteiger partial charge in [-0.3, -0.25) is 4.79 Å². The zero-order valence-electron chi connectivity index (χ0n) is 10.4. The molecule has 0 heterocycles. The Morgan fingerprint density at radius 3 is 2.62 bits per heavy atom. The summed E-state index contributed by atoms with van der Waals surface area (Å²) in [4.78, 5) is 11.7. The first kappa shape index (κ1) is 13.8. The first-order valence-corrected chi connectivity index (χ1v) is 6.49. The topological polar surface area (TPSA) is 38.3 Å². The Morgan fingerprint density at radius 1 is 1.50 bits per heavy atom. The molecular weight excluding hydrogens is 226 g/mol. The molecule has 1 rings (SSSR count). The van der Waals surface area contributed by atoms with E-state index in [9.17, 15) is 4.79 Å². The van der Waals surface area contributed by atoms with Crippen molar-refractivity contribution in [3.63, 3.8) is 0 Å². The molecule has 3 nitrogen and oxygen atoms in total. The van der Waals surface area contributed by atoms with Crippen LogP contribution in [0.2, 0.25) is 0 Å². The molecule has 1 N–H and O–H groups in total. The van der Waals surface area contributed by atoms with E-state index in [-0.39, 0.29) is 11.4 Å². The van der Waals surface area contributed by atoms with Gasteiger partial charge in [0.05, 0.1) is 6.10 Å². The van der Waals surface area contributed by atoms with E-state index >= 15 is 0 Å². The van der Waals surface area contributed by atoms with Crippen LogP contribution in [0, 0.1) is 5.92 Å². The Hall–Kier alpha value is -0.280. The van der Waals surface area contributed by atoms with E-state index in [1.165, 1.54) is 0 Å². The monoisotopic (exact) mass is 247 g/mol. The van der Waals surface area contributed by atoms with Crippen molar-refractivity contribution in [2.75, 3.05) is 12.5 Å². The van der Waals surface area contributed by atoms with Crippen molar-refractivity contribution in [3.8, 4) is 0 Å². The van der Waals surface area contributed by atoms with Crippen LogP contribution in [0.25, 0.3) is 0 Å². The van der Waals surface area contributed by atoms with Crippen molar-refractivity contribution < 1.29 is 9.53 Å². The molecule has 1 aliphatic rings. The van der Waals surface area contributed by atoms with Crippen molar-refractivity contribution in [1.82, 2.24) is 5.32 Å². The molecule has 0 radical (unpaired) electrons. The SMILES string of the molecule is CCOC1CC(CC(=O)NC(C)(C)CCl)C1. The summed E-state index contributed by atoms with van der Waals surface area (Å²) in [6, 6.07) is 0. The van der Waals surface area contributed by atoms with E-state index in [1.54, 1.807) is 0 Å². The number of nitrogens with one attached hydrogen (secondary N) is 1. The maximum absolute atomic E-state index is 11.7. The number of halogens is 1. The average molecular weight is 248 g/mol. The number of hydrogen-bond acceptors (Lipinski definition) is 2. The molecule has 0 aromatic heterocycles. The Balaban J connectivity index is 2.17. The van der Waals surface area contributed by atoms with Gasteiger partial charge in [-0.15, -0.1) is 11.6 Å². The van der Waals surface area contributed by atoms with Crippen LogP contribution in [-0.2, 0) is 9.53 Å². The highest BCUT2D eigenvalue weighted by molar-refractivity contribution is 6.18. The van der Waals surface area contributed by atoms with Gasteiger partial charge < -0.3 is 10.1 Å². The molecule has 1 amide bonds. The minimum absolute atomic E-state index is 0.102. The molecule has 0 aromatic rings. The fourth-order valence-corrected chi connectivity index (χ4v) is 2.00. The summed E-state index contributed by atoms with van der Waals surface area (Å²) >= 11 is 5.75. The fraction of sp³-hybridized carbons (Fsp3) is 0.917. The summed E-state index contributed by atoms with van der Waals surface area (Å²) in [5.41, 5.74) is -0.304. The van der Waals surface area contributed by atoms with Crippen LogP contribution in [0.4, 0.5) is 0 Å². The van der Waals surface area contributed by atoms with E-state index in [0.717, 1.165) is 19.4 Å². The second kappa shape index (κ2) is 5.87. The molecule has 0 bridgehead atoms. The first-order valence-electron chi connectivity index (χ1n) is 5.95. The number of amides is 1. The molecule has 0 saturated heterocycles. The Bertz CT molecular complexity index is 237. The van der Waals surface area contributed by atoms with Gasteiger partial charge in [-0.2, -0.15) is 0 Å². The van der Waals surface area contributed by atoms with Crippen LogP contribution < -0.4 is 5.32 Å². The molecular formula is C12H22ClNO2. The first-order chi connectivity index (χ1) is 7.46. The van der Waals surface area contributed by atoms with Crippen molar-refractivity contribution in [3.05, 3.63) is 0 Å².